The van der Waals surface area contributed by atoms with E-state index in [1.807, 2.05) is 6.07 Å². The maximum atomic E-state index is 5.95. The van der Waals surface area contributed by atoms with Crippen LogP contribution in [0, 0.1) is 20.8 Å². The van der Waals surface area contributed by atoms with Gasteiger partial charge < -0.3 is 9.72 Å². The van der Waals surface area contributed by atoms with Gasteiger partial charge in [0.25, 0.3) is 0 Å². The molecule has 0 spiro atoms. The number of aromatic nitrogens is 2. The van der Waals surface area contributed by atoms with Crippen molar-refractivity contribution in [1.82, 2.24) is 9.97 Å². The first-order valence-electron chi connectivity index (χ1n) is 8.27. The van der Waals surface area contributed by atoms with E-state index in [2.05, 4.69) is 56.1 Å². The summed E-state index contributed by atoms with van der Waals surface area (Å²) in [6, 6.07) is 12.8. The number of aromatic amines is 1. The van der Waals surface area contributed by atoms with Crippen molar-refractivity contribution in [2.75, 3.05) is 0 Å². The third kappa shape index (κ3) is 1.75. The van der Waals surface area contributed by atoms with Crippen LogP contribution in [0.15, 0.2) is 36.4 Å². The van der Waals surface area contributed by atoms with E-state index in [9.17, 15) is 0 Å². The lowest BCUT2D eigenvalue weighted by Crippen LogP contribution is -2.07. The number of benzene rings is 2. The lowest BCUT2D eigenvalue weighted by atomic mass is 9.97. The van der Waals surface area contributed by atoms with Crippen molar-refractivity contribution < 1.29 is 4.74 Å². The highest BCUT2D eigenvalue weighted by Crippen LogP contribution is 2.39. The van der Waals surface area contributed by atoms with Gasteiger partial charge in [0.1, 0.15) is 12.4 Å². The minimum Gasteiger partial charge on any atom is -0.488 e. The van der Waals surface area contributed by atoms with Gasteiger partial charge in [-0.2, -0.15) is 0 Å². The number of ether oxygens (including phenoxy) is 1. The number of H-pyrrole nitrogens is 1. The molecule has 0 unspecified atom stereocenters. The van der Waals surface area contributed by atoms with Crippen molar-refractivity contribution in [3.8, 4) is 17.0 Å². The molecule has 0 radical (unpaired) electrons. The molecule has 3 heterocycles. The molecule has 0 fully saturated rings. The second kappa shape index (κ2) is 4.60. The summed E-state index contributed by atoms with van der Waals surface area (Å²) in [4.78, 5) is 8.47. The molecule has 3 heteroatoms. The summed E-state index contributed by atoms with van der Waals surface area (Å²) in [5.74, 6) is 0.926. The quantitative estimate of drug-likeness (QED) is 0.484. The Bertz CT molecular complexity index is 1140. The van der Waals surface area contributed by atoms with Crippen molar-refractivity contribution in [1.29, 1.82) is 0 Å². The van der Waals surface area contributed by atoms with Crippen LogP contribution >= 0.6 is 0 Å². The molecule has 118 valence electrons. The molecule has 24 heavy (non-hydrogen) atoms. The van der Waals surface area contributed by atoms with Crippen molar-refractivity contribution >= 4 is 21.8 Å². The average Bonchev–Trinajstić information content (AvgIpc) is 2.88. The molecule has 1 aliphatic heterocycles. The number of nitrogens with one attached hydrogen (secondary N) is 1. The maximum Gasteiger partial charge on any atom is 0.129 e. The predicted octanol–water partition coefficient (Wildman–Crippen LogP) is 5.20. The van der Waals surface area contributed by atoms with Gasteiger partial charge in [0.15, 0.2) is 0 Å². The second-order valence-electron chi connectivity index (χ2n) is 6.71. The summed E-state index contributed by atoms with van der Waals surface area (Å²) in [6.07, 6.45) is 0. The zero-order chi connectivity index (χ0) is 16.4. The van der Waals surface area contributed by atoms with Crippen LogP contribution in [0.4, 0.5) is 0 Å². The van der Waals surface area contributed by atoms with Crippen molar-refractivity contribution in [3.63, 3.8) is 0 Å². The minimum absolute atomic E-state index is 0.577. The smallest absolute Gasteiger partial charge is 0.129 e. The molecule has 0 atom stereocenters. The Labute approximate surface area is 140 Å². The van der Waals surface area contributed by atoms with Crippen LogP contribution in [0.5, 0.6) is 5.75 Å². The van der Waals surface area contributed by atoms with Gasteiger partial charge in [-0.1, -0.05) is 11.6 Å². The van der Waals surface area contributed by atoms with E-state index in [-0.39, 0.29) is 0 Å². The van der Waals surface area contributed by atoms with Gasteiger partial charge in [0.2, 0.25) is 0 Å². The van der Waals surface area contributed by atoms with Gasteiger partial charge in [-0.3, -0.25) is 0 Å². The summed E-state index contributed by atoms with van der Waals surface area (Å²) < 4.78 is 5.95. The molecule has 5 rings (SSSR count). The molecule has 1 aliphatic rings. The van der Waals surface area contributed by atoms with Crippen LogP contribution in [0.3, 0.4) is 0 Å². The fourth-order valence-corrected chi connectivity index (χ4v) is 3.73. The lowest BCUT2D eigenvalue weighted by Gasteiger charge is -2.21. The standard InChI is InChI=1S/C21H18N2O/c1-11-4-7-19-16(8-11)21-14(10-24-19)9-15-17(23-21)5-6-18-20(15)12(2)13(3)22-18/h4-9,22H,10H2,1-3H3. The molecule has 0 bridgehead atoms. The number of pyridine rings is 1. The van der Waals surface area contributed by atoms with Crippen molar-refractivity contribution in [3.05, 3.63) is 58.8 Å². The van der Waals surface area contributed by atoms with Crippen LogP contribution in [0.1, 0.15) is 22.4 Å². The van der Waals surface area contributed by atoms with Gasteiger partial charge in [-0.05, 0) is 56.7 Å². The first kappa shape index (κ1) is 13.6. The number of rotatable bonds is 0. The molecule has 2 aromatic heterocycles. The Morgan fingerprint density at radius 3 is 2.79 bits per heavy atom. The topological polar surface area (TPSA) is 37.9 Å². The minimum atomic E-state index is 0.577. The van der Waals surface area contributed by atoms with Crippen LogP contribution in [0.25, 0.3) is 33.1 Å². The number of hydrogen-bond donors (Lipinski definition) is 1. The third-order valence-electron chi connectivity index (χ3n) is 5.11. The Morgan fingerprint density at radius 1 is 1.04 bits per heavy atom. The lowest BCUT2D eigenvalue weighted by molar-refractivity contribution is 0.301. The van der Waals surface area contributed by atoms with Crippen LogP contribution in [-0.2, 0) is 6.61 Å². The first-order chi connectivity index (χ1) is 11.6. The van der Waals surface area contributed by atoms with Gasteiger partial charge in [0.05, 0.1) is 11.2 Å². The van der Waals surface area contributed by atoms with Crippen LogP contribution in [-0.4, -0.2) is 9.97 Å². The molecule has 3 nitrogen and oxygen atoms in total. The van der Waals surface area contributed by atoms with E-state index in [1.165, 1.54) is 33.1 Å². The number of hydrogen-bond acceptors (Lipinski definition) is 2. The molecular weight excluding hydrogens is 296 g/mol. The SMILES string of the molecule is Cc1ccc2c(c1)-c1nc3ccc4[nH]c(C)c(C)c4c3cc1CO2. The molecule has 0 amide bonds. The summed E-state index contributed by atoms with van der Waals surface area (Å²) in [6.45, 7) is 6.97. The van der Waals surface area contributed by atoms with Gasteiger partial charge >= 0.3 is 0 Å². The molecule has 4 aromatic rings. The number of nitrogens with zero attached hydrogens (tertiary/aromatic N) is 1. The molecule has 0 saturated carbocycles. The van der Waals surface area contributed by atoms with E-state index >= 15 is 0 Å². The Morgan fingerprint density at radius 2 is 1.92 bits per heavy atom. The molecule has 2 aromatic carbocycles. The fourth-order valence-electron chi connectivity index (χ4n) is 3.73. The van der Waals surface area contributed by atoms with E-state index in [0.717, 1.165) is 28.1 Å². The van der Waals surface area contributed by atoms with E-state index < -0.39 is 0 Å². The normalized spacial score (nSPS) is 13.0. The summed E-state index contributed by atoms with van der Waals surface area (Å²) in [5, 5.41) is 2.48. The first-order valence-corrected chi connectivity index (χ1v) is 8.27. The summed E-state index contributed by atoms with van der Waals surface area (Å²) in [7, 11) is 0. The number of aryl methyl sites for hydroxylation is 3. The van der Waals surface area contributed by atoms with Crippen molar-refractivity contribution in [2.24, 2.45) is 0 Å². The Balaban J connectivity index is 1.87. The van der Waals surface area contributed by atoms with E-state index in [1.54, 1.807) is 0 Å². The maximum absolute atomic E-state index is 5.95. The van der Waals surface area contributed by atoms with E-state index in [0.29, 0.717) is 6.61 Å². The third-order valence-corrected chi connectivity index (χ3v) is 5.11. The predicted molar refractivity (Wildman–Crippen MR) is 97.6 cm³/mol. The monoisotopic (exact) mass is 314 g/mol. The largest absolute Gasteiger partial charge is 0.488 e. The zero-order valence-electron chi connectivity index (χ0n) is 14.0. The van der Waals surface area contributed by atoms with Gasteiger partial charge in [0, 0.05) is 33.1 Å². The number of fused-ring (bicyclic) bond motifs is 6. The highest BCUT2D eigenvalue weighted by molar-refractivity contribution is 6.08. The highest BCUT2D eigenvalue weighted by Gasteiger charge is 2.20. The molecule has 0 aliphatic carbocycles. The summed E-state index contributed by atoms with van der Waals surface area (Å²) >= 11 is 0. The Kier molecular flexibility index (Phi) is 2.61. The van der Waals surface area contributed by atoms with Crippen LogP contribution in [0.2, 0.25) is 0 Å². The van der Waals surface area contributed by atoms with Gasteiger partial charge in [-0.15, -0.1) is 0 Å². The van der Waals surface area contributed by atoms with Crippen LogP contribution < -0.4 is 4.74 Å². The fraction of sp³-hybridized carbons (Fsp3) is 0.190. The molecule has 0 saturated heterocycles. The van der Waals surface area contributed by atoms with E-state index in [4.69, 9.17) is 9.72 Å². The Hall–Kier alpha value is -2.81. The highest BCUT2D eigenvalue weighted by atomic mass is 16.5. The average molecular weight is 314 g/mol. The molecular formula is C21H18N2O. The second-order valence-corrected chi connectivity index (χ2v) is 6.71. The zero-order valence-corrected chi connectivity index (χ0v) is 14.0. The summed E-state index contributed by atoms with van der Waals surface area (Å²) in [5.41, 5.74) is 9.26. The van der Waals surface area contributed by atoms with Gasteiger partial charge in [-0.25, -0.2) is 4.98 Å². The van der Waals surface area contributed by atoms with Crippen molar-refractivity contribution in [2.45, 2.75) is 27.4 Å². The molecule has 1 N–H and O–H groups in total.